The van der Waals surface area contributed by atoms with Crippen molar-refractivity contribution in [2.45, 2.75) is 12.6 Å². The molecule has 0 aromatic heterocycles. The lowest BCUT2D eigenvalue weighted by molar-refractivity contribution is -0.124. The minimum atomic E-state index is -1.63. The van der Waals surface area contributed by atoms with Crippen molar-refractivity contribution in [3.8, 4) is 0 Å². The highest BCUT2D eigenvalue weighted by Gasteiger charge is 2.24. The Kier molecular flexibility index (Phi) is 5.92. The van der Waals surface area contributed by atoms with Gasteiger partial charge >= 0.3 is 0 Å². The van der Waals surface area contributed by atoms with E-state index in [4.69, 9.17) is 5.21 Å². The Labute approximate surface area is 137 Å². The maximum Gasteiger partial charge on any atom is 0.267 e. The second-order valence-electron chi connectivity index (χ2n) is 5.04. The van der Waals surface area contributed by atoms with Gasteiger partial charge in [0.2, 0.25) is 0 Å². The molecule has 0 heterocycles. The van der Waals surface area contributed by atoms with Gasteiger partial charge in [-0.1, -0.05) is 36.4 Å². The summed E-state index contributed by atoms with van der Waals surface area (Å²) in [6.07, 6.45) is 6.05. The van der Waals surface area contributed by atoms with Crippen molar-refractivity contribution in [1.29, 1.82) is 0 Å². The molecular weight excluding hydrogens is 316 g/mol. The Morgan fingerprint density at radius 3 is 2.25 bits per heavy atom. The number of alkyl halides is 1. The molecule has 0 fully saturated rings. The van der Waals surface area contributed by atoms with Crippen molar-refractivity contribution in [2.75, 3.05) is 0 Å². The van der Waals surface area contributed by atoms with Gasteiger partial charge in [-0.3, -0.25) is 14.8 Å². The van der Waals surface area contributed by atoms with Crippen molar-refractivity contribution in [1.82, 2.24) is 5.48 Å². The first-order chi connectivity index (χ1) is 11.5. The molecule has 1 unspecified atom stereocenters. The SMILES string of the molecule is O=C(/C=C/c1ccc(/C=C/C(=O)C2=C(F)C=CCC2F)cc1)NO. The lowest BCUT2D eigenvalue weighted by atomic mass is 9.97. The molecule has 0 bridgehead atoms. The van der Waals surface area contributed by atoms with E-state index in [0.29, 0.717) is 11.1 Å². The van der Waals surface area contributed by atoms with Crippen molar-refractivity contribution in [3.63, 3.8) is 0 Å². The molecule has 0 spiro atoms. The number of rotatable bonds is 5. The summed E-state index contributed by atoms with van der Waals surface area (Å²) < 4.78 is 27.2. The number of allylic oxidation sites excluding steroid dienone is 5. The van der Waals surface area contributed by atoms with Gasteiger partial charge in [0.1, 0.15) is 12.0 Å². The Bertz CT molecular complexity index is 746. The number of hydrogen-bond acceptors (Lipinski definition) is 3. The lowest BCUT2D eigenvalue weighted by Gasteiger charge is -2.12. The lowest BCUT2D eigenvalue weighted by Crippen LogP contribution is -2.15. The Morgan fingerprint density at radius 1 is 1.12 bits per heavy atom. The van der Waals surface area contributed by atoms with Gasteiger partial charge in [-0.05, 0) is 29.4 Å². The van der Waals surface area contributed by atoms with Crippen LogP contribution in [0.3, 0.4) is 0 Å². The molecule has 4 nitrogen and oxygen atoms in total. The van der Waals surface area contributed by atoms with E-state index in [0.717, 1.165) is 18.2 Å². The van der Waals surface area contributed by atoms with Crippen LogP contribution in [0.2, 0.25) is 0 Å². The van der Waals surface area contributed by atoms with E-state index >= 15 is 0 Å². The maximum atomic E-state index is 13.6. The number of ketones is 1. The normalized spacial score (nSPS) is 17.7. The number of halogens is 2. The van der Waals surface area contributed by atoms with Crippen LogP contribution < -0.4 is 5.48 Å². The molecule has 0 aliphatic heterocycles. The average molecular weight is 331 g/mol. The quantitative estimate of drug-likeness (QED) is 0.494. The van der Waals surface area contributed by atoms with E-state index in [1.165, 1.54) is 23.7 Å². The third-order valence-electron chi connectivity index (χ3n) is 3.34. The summed E-state index contributed by atoms with van der Waals surface area (Å²) in [6, 6.07) is 6.73. The largest absolute Gasteiger partial charge is 0.289 e. The molecule has 1 aliphatic carbocycles. The Hall–Kier alpha value is -2.86. The van der Waals surface area contributed by atoms with Crippen LogP contribution in [0.15, 0.2) is 60.0 Å². The molecule has 124 valence electrons. The van der Waals surface area contributed by atoms with Crippen molar-refractivity contribution in [3.05, 3.63) is 71.1 Å². The first-order valence-corrected chi connectivity index (χ1v) is 7.16. The molecule has 0 saturated heterocycles. The van der Waals surface area contributed by atoms with Crippen molar-refractivity contribution in [2.24, 2.45) is 0 Å². The monoisotopic (exact) mass is 331 g/mol. The van der Waals surface area contributed by atoms with Crippen LogP contribution in [-0.2, 0) is 9.59 Å². The van der Waals surface area contributed by atoms with E-state index < -0.39 is 29.3 Å². The number of carbonyl (C=O) groups excluding carboxylic acids is 2. The van der Waals surface area contributed by atoms with E-state index in [-0.39, 0.29) is 6.42 Å². The number of carbonyl (C=O) groups is 2. The zero-order valence-electron chi connectivity index (χ0n) is 12.6. The molecule has 6 heteroatoms. The van der Waals surface area contributed by atoms with Gasteiger partial charge < -0.3 is 0 Å². The fourth-order valence-electron chi connectivity index (χ4n) is 2.11. The van der Waals surface area contributed by atoms with Crippen LogP contribution in [0.25, 0.3) is 12.2 Å². The van der Waals surface area contributed by atoms with Crippen LogP contribution in [-0.4, -0.2) is 23.1 Å². The van der Waals surface area contributed by atoms with E-state index in [9.17, 15) is 18.4 Å². The fraction of sp³-hybridized carbons (Fsp3) is 0.111. The van der Waals surface area contributed by atoms with Gasteiger partial charge in [-0.15, -0.1) is 0 Å². The predicted octanol–water partition coefficient (Wildman–Crippen LogP) is 3.31. The van der Waals surface area contributed by atoms with Gasteiger partial charge in [-0.25, -0.2) is 14.3 Å². The van der Waals surface area contributed by atoms with E-state index in [1.807, 2.05) is 0 Å². The van der Waals surface area contributed by atoms with Crippen LogP contribution in [0, 0.1) is 0 Å². The number of benzene rings is 1. The molecule has 0 radical (unpaired) electrons. The maximum absolute atomic E-state index is 13.6. The highest BCUT2D eigenvalue weighted by molar-refractivity contribution is 6.07. The van der Waals surface area contributed by atoms with Gasteiger partial charge in [-0.2, -0.15) is 0 Å². The molecule has 1 amide bonds. The van der Waals surface area contributed by atoms with Gasteiger partial charge in [0.15, 0.2) is 5.78 Å². The molecule has 2 N–H and O–H groups in total. The van der Waals surface area contributed by atoms with Crippen LogP contribution in [0.5, 0.6) is 0 Å². The smallest absolute Gasteiger partial charge is 0.267 e. The molecule has 1 atom stereocenters. The van der Waals surface area contributed by atoms with Gasteiger partial charge in [0.25, 0.3) is 5.91 Å². The van der Waals surface area contributed by atoms with Crippen LogP contribution >= 0.6 is 0 Å². The highest BCUT2D eigenvalue weighted by atomic mass is 19.1. The summed E-state index contributed by atoms with van der Waals surface area (Å²) in [5.74, 6) is -2.19. The Balaban J connectivity index is 2.07. The zero-order chi connectivity index (χ0) is 17.5. The number of amides is 1. The highest BCUT2D eigenvalue weighted by Crippen LogP contribution is 2.24. The van der Waals surface area contributed by atoms with Crippen molar-refractivity contribution < 1.29 is 23.6 Å². The minimum Gasteiger partial charge on any atom is -0.289 e. The third-order valence-corrected chi connectivity index (χ3v) is 3.34. The second kappa shape index (κ2) is 8.12. The van der Waals surface area contributed by atoms with Crippen LogP contribution in [0.1, 0.15) is 17.5 Å². The van der Waals surface area contributed by atoms with E-state index in [2.05, 4.69) is 0 Å². The Morgan fingerprint density at radius 2 is 1.71 bits per heavy atom. The standard InChI is InChI=1S/C18H15F2NO3/c19-14-2-1-3-15(20)18(14)16(22)10-8-12-4-6-13(7-5-12)9-11-17(23)21-24/h1-2,4-11,15,24H,3H2,(H,21,23)/b10-8+,11-9+. The number of hydrogen-bond donors (Lipinski definition) is 2. The molecule has 24 heavy (non-hydrogen) atoms. The third kappa shape index (κ3) is 4.57. The summed E-state index contributed by atoms with van der Waals surface area (Å²) in [5.41, 5.74) is 2.39. The zero-order valence-corrected chi connectivity index (χ0v) is 12.6. The summed E-state index contributed by atoms with van der Waals surface area (Å²) in [7, 11) is 0. The molecule has 2 rings (SSSR count). The number of hydroxylamine groups is 1. The average Bonchev–Trinajstić information content (AvgIpc) is 2.58. The van der Waals surface area contributed by atoms with Gasteiger partial charge in [0.05, 0.1) is 5.57 Å². The fourth-order valence-corrected chi connectivity index (χ4v) is 2.11. The first-order valence-electron chi connectivity index (χ1n) is 7.16. The summed E-state index contributed by atoms with van der Waals surface area (Å²) in [5, 5.41) is 8.37. The molecule has 1 aromatic carbocycles. The molecule has 0 saturated carbocycles. The van der Waals surface area contributed by atoms with Crippen molar-refractivity contribution >= 4 is 23.8 Å². The van der Waals surface area contributed by atoms with E-state index in [1.54, 1.807) is 24.3 Å². The second-order valence-corrected chi connectivity index (χ2v) is 5.04. The first kappa shape index (κ1) is 17.5. The summed E-state index contributed by atoms with van der Waals surface area (Å²) >= 11 is 0. The predicted molar refractivity (Wildman–Crippen MR) is 86.2 cm³/mol. The molecule has 1 aliphatic rings. The minimum absolute atomic E-state index is 0.00914. The van der Waals surface area contributed by atoms with Crippen LogP contribution in [0.4, 0.5) is 8.78 Å². The summed E-state index contributed by atoms with van der Waals surface area (Å²) in [4.78, 5) is 22.8. The topological polar surface area (TPSA) is 66.4 Å². The molecular formula is C18H15F2NO3. The number of nitrogens with one attached hydrogen (secondary N) is 1. The summed E-state index contributed by atoms with van der Waals surface area (Å²) in [6.45, 7) is 0. The molecule has 1 aromatic rings. The van der Waals surface area contributed by atoms with Gasteiger partial charge in [0, 0.05) is 12.5 Å².